The van der Waals surface area contributed by atoms with Gasteiger partial charge < -0.3 is 26.4 Å². The molecule has 2 saturated heterocycles. The van der Waals surface area contributed by atoms with E-state index in [0.29, 0.717) is 13.0 Å². The third kappa shape index (κ3) is 5.72. The maximum Gasteiger partial charge on any atom is 0.253 e. The van der Waals surface area contributed by atoms with Gasteiger partial charge in [0.25, 0.3) is 5.91 Å². The first-order valence-electron chi connectivity index (χ1n) is 8.88. The van der Waals surface area contributed by atoms with E-state index in [0.717, 1.165) is 43.7 Å². The van der Waals surface area contributed by atoms with Crippen LogP contribution in [0, 0.1) is 5.92 Å². The minimum absolute atomic E-state index is 0. The number of primary amides is 1. The van der Waals surface area contributed by atoms with Crippen molar-refractivity contribution < 1.29 is 14.3 Å². The molecule has 1 aromatic carbocycles. The number of carbonyl (C=O) groups is 2. The van der Waals surface area contributed by atoms with E-state index in [2.05, 4.69) is 10.2 Å². The van der Waals surface area contributed by atoms with Crippen molar-refractivity contribution in [2.45, 2.75) is 37.9 Å². The second-order valence-corrected chi connectivity index (χ2v) is 6.73. The topological polar surface area (TPSA) is 111 Å². The Morgan fingerprint density at radius 3 is 2.37 bits per heavy atom. The van der Waals surface area contributed by atoms with Gasteiger partial charge in [0.2, 0.25) is 5.91 Å². The summed E-state index contributed by atoms with van der Waals surface area (Å²) < 4.78 is 5.67. The van der Waals surface area contributed by atoms with Gasteiger partial charge in [-0.3, -0.25) is 9.59 Å². The van der Waals surface area contributed by atoms with Gasteiger partial charge in [-0.1, -0.05) is 12.1 Å². The van der Waals surface area contributed by atoms with Crippen molar-refractivity contribution in [2.24, 2.45) is 17.4 Å². The summed E-state index contributed by atoms with van der Waals surface area (Å²) in [5.41, 5.74) is 12.7. The summed E-state index contributed by atoms with van der Waals surface area (Å²) in [5, 5.41) is 2.99. The van der Waals surface area contributed by atoms with E-state index in [4.69, 9.17) is 16.2 Å². The van der Waals surface area contributed by atoms with Crippen LogP contribution in [0.2, 0.25) is 0 Å². The molecule has 2 heterocycles. The van der Waals surface area contributed by atoms with Gasteiger partial charge >= 0.3 is 0 Å². The molecule has 0 radical (unpaired) electrons. The lowest BCUT2D eigenvalue weighted by Gasteiger charge is -2.33. The number of piperidine rings is 1. The van der Waals surface area contributed by atoms with Gasteiger partial charge in [-0.15, -0.1) is 24.8 Å². The van der Waals surface area contributed by atoms with Crippen LogP contribution in [0.1, 0.15) is 25.7 Å². The maximum absolute atomic E-state index is 12.5. The molecular weight excluding hydrogens is 391 g/mol. The summed E-state index contributed by atoms with van der Waals surface area (Å²) in [6.07, 6.45) is 2.51. The molecule has 2 aliphatic rings. The van der Waals surface area contributed by atoms with Crippen molar-refractivity contribution in [1.82, 2.24) is 0 Å². The highest BCUT2D eigenvalue weighted by molar-refractivity contribution is 5.97. The molecule has 0 aliphatic carbocycles. The Balaban J connectivity index is 0.00000182. The van der Waals surface area contributed by atoms with Crippen LogP contribution in [-0.4, -0.2) is 43.7 Å². The summed E-state index contributed by atoms with van der Waals surface area (Å²) in [6.45, 7) is 1.93. The highest BCUT2D eigenvalue weighted by Crippen LogP contribution is 2.30. The summed E-state index contributed by atoms with van der Waals surface area (Å²) in [6, 6.07) is 7.72. The van der Waals surface area contributed by atoms with E-state index in [-0.39, 0.29) is 48.7 Å². The van der Waals surface area contributed by atoms with E-state index in [1.54, 1.807) is 0 Å². The fraction of sp³-hybridized carbons (Fsp3) is 0.556. The first-order chi connectivity index (χ1) is 12.1. The van der Waals surface area contributed by atoms with Crippen molar-refractivity contribution in [2.75, 3.05) is 29.9 Å². The van der Waals surface area contributed by atoms with Crippen LogP contribution in [0.3, 0.4) is 0 Å². The zero-order chi connectivity index (χ0) is 17.8. The Labute approximate surface area is 172 Å². The highest BCUT2D eigenvalue weighted by atomic mass is 35.5. The van der Waals surface area contributed by atoms with Crippen LogP contribution in [0.5, 0.6) is 0 Å². The molecular formula is C18H28Cl2N4O3. The quantitative estimate of drug-likeness (QED) is 0.673. The molecule has 0 saturated carbocycles. The number of halogens is 2. The van der Waals surface area contributed by atoms with Crippen LogP contribution in [0.4, 0.5) is 11.4 Å². The number of amides is 2. The van der Waals surface area contributed by atoms with Gasteiger partial charge in [0.1, 0.15) is 6.10 Å². The van der Waals surface area contributed by atoms with Crippen LogP contribution >= 0.6 is 24.8 Å². The lowest BCUT2D eigenvalue weighted by atomic mass is 9.96. The number of rotatable bonds is 5. The SMILES string of the molecule is Cl.Cl.NC[C@H]1CC[C@@H](C(=O)Nc2ccccc2N2CCC(C(N)=O)CC2)O1. The molecule has 152 valence electrons. The number of carbonyl (C=O) groups excluding carboxylic acids is 2. The minimum Gasteiger partial charge on any atom is -0.370 e. The molecule has 2 amide bonds. The summed E-state index contributed by atoms with van der Waals surface area (Å²) in [4.78, 5) is 26.0. The molecule has 2 atom stereocenters. The second-order valence-electron chi connectivity index (χ2n) is 6.73. The molecule has 2 aliphatic heterocycles. The third-order valence-electron chi connectivity index (χ3n) is 5.06. The minimum atomic E-state index is -0.442. The number of nitrogens with zero attached hydrogens (tertiary/aromatic N) is 1. The van der Waals surface area contributed by atoms with Crippen molar-refractivity contribution in [3.63, 3.8) is 0 Å². The monoisotopic (exact) mass is 418 g/mol. The van der Waals surface area contributed by atoms with Crippen molar-refractivity contribution in [3.8, 4) is 0 Å². The molecule has 5 N–H and O–H groups in total. The number of nitrogens with two attached hydrogens (primary N) is 2. The molecule has 3 rings (SSSR count). The highest BCUT2D eigenvalue weighted by Gasteiger charge is 2.31. The third-order valence-corrected chi connectivity index (χ3v) is 5.06. The van der Waals surface area contributed by atoms with Crippen LogP contribution < -0.4 is 21.7 Å². The molecule has 2 fully saturated rings. The Morgan fingerprint density at radius 1 is 1.11 bits per heavy atom. The standard InChI is InChI=1S/C18H26N4O3.2ClH/c19-11-13-5-6-16(25-13)18(24)21-14-3-1-2-4-15(14)22-9-7-12(8-10-22)17(20)23;;/h1-4,12-13,16H,5-11,19H2,(H2,20,23)(H,21,24);2*1H/t13-,16+;;/m1../s1. The largest absolute Gasteiger partial charge is 0.370 e. The summed E-state index contributed by atoms with van der Waals surface area (Å²) in [5.74, 6) is -0.414. The fourth-order valence-corrected chi connectivity index (χ4v) is 3.55. The van der Waals surface area contributed by atoms with Crippen molar-refractivity contribution in [1.29, 1.82) is 0 Å². The van der Waals surface area contributed by atoms with Gasteiger partial charge in [-0.2, -0.15) is 0 Å². The average Bonchev–Trinajstić information content (AvgIpc) is 3.12. The zero-order valence-corrected chi connectivity index (χ0v) is 16.8. The summed E-state index contributed by atoms with van der Waals surface area (Å²) in [7, 11) is 0. The molecule has 0 spiro atoms. The van der Waals surface area contributed by atoms with Gasteiger partial charge in [-0.05, 0) is 37.8 Å². The van der Waals surface area contributed by atoms with Crippen LogP contribution in [0.15, 0.2) is 24.3 Å². The van der Waals surface area contributed by atoms with E-state index < -0.39 is 6.10 Å². The fourth-order valence-electron chi connectivity index (χ4n) is 3.55. The number of ether oxygens (including phenoxy) is 1. The predicted octanol–water partition coefficient (Wildman–Crippen LogP) is 1.68. The second kappa shape index (κ2) is 10.7. The molecule has 7 nitrogen and oxygen atoms in total. The van der Waals surface area contributed by atoms with E-state index in [1.165, 1.54) is 0 Å². The van der Waals surface area contributed by atoms with E-state index >= 15 is 0 Å². The van der Waals surface area contributed by atoms with Crippen molar-refractivity contribution in [3.05, 3.63) is 24.3 Å². The molecule has 0 aromatic heterocycles. The first-order valence-corrected chi connectivity index (χ1v) is 8.88. The zero-order valence-electron chi connectivity index (χ0n) is 15.1. The van der Waals surface area contributed by atoms with Crippen LogP contribution in [-0.2, 0) is 14.3 Å². The molecule has 1 aromatic rings. The van der Waals surface area contributed by atoms with Gasteiger partial charge in [-0.25, -0.2) is 0 Å². The Hall–Kier alpha value is -1.54. The molecule has 0 bridgehead atoms. The number of hydrogen-bond acceptors (Lipinski definition) is 5. The Morgan fingerprint density at radius 2 is 1.78 bits per heavy atom. The first kappa shape index (κ1) is 23.5. The average molecular weight is 419 g/mol. The lowest BCUT2D eigenvalue weighted by molar-refractivity contribution is -0.126. The number of anilines is 2. The number of hydrogen-bond donors (Lipinski definition) is 3. The number of nitrogens with one attached hydrogen (secondary N) is 1. The molecule has 9 heteroatoms. The van der Waals surface area contributed by atoms with E-state index in [1.807, 2.05) is 24.3 Å². The Bertz CT molecular complexity index is 639. The van der Waals surface area contributed by atoms with Gasteiger partial charge in [0, 0.05) is 25.6 Å². The summed E-state index contributed by atoms with van der Waals surface area (Å²) >= 11 is 0. The van der Waals surface area contributed by atoms with Gasteiger partial charge in [0.05, 0.1) is 17.5 Å². The molecule has 0 unspecified atom stereocenters. The smallest absolute Gasteiger partial charge is 0.253 e. The number of benzene rings is 1. The van der Waals surface area contributed by atoms with Gasteiger partial charge in [0.15, 0.2) is 0 Å². The Kier molecular flexibility index (Phi) is 9.32. The maximum atomic E-state index is 12.5. The van der Waals surface area contributed by atoms with Crippen molar-refractivity contribution >= 4 is 48.0 Å². The predicted molar refractivity (Wildman–Crippen MR) is 111 cm³/mol. The molecule has 27 heavy (non-hydrogen) atoms. The van der Waals surface area contributed by atoms with E-state index in [9.17, 15) is 9.59 Å². The lowest BCUT2D eigenvalue weighted by Crippen LogP contribution is -2.39. The normalized spacial score (nSPS) is 22.5. The number of para-hydroxylation sites is 2. The van der Waals surface area contributed by atoms with Crippen LogP contribution in [0.25, 0.3) is 0 Å².